The largest absolute Gasteiger partial charge is 0.335 e. The second kappa shape index (κ2) is 5.35. The lowest BCUT2D eigenvalue weighted by Gasteiger charge is -2.15. The number of amidine groups is 1. The van der Waals surface area contributed by atoms with Crippen molar-refractivity contribution in [3.63, 3.8) is 0 Å². The lowest BCUT2D eigenvalue weighted by Crippen LogP contribution is -2.20. The number of rotatable bonds is 3. The highest BCUT2D eigenvalue weighted by Gasteiger charge is 2.28. The van der Waals surface area contributed by atoms with E-state index < -0.39 is 0 Å². The van der Waals surface area contributed by atoms with Crippen LogP contribution in [0.5, 0.6) is 0 Å². The molecule has 0 spiro atoms. The molecule has 0 fully saturated rings. The van der Waals surface area contributed by atoms with Crippen LogP contribution in [0, 0.1) is 0 Å². The summed E-state index contributed by atoms with van der Waals surface area (Å²) in [5, 5.41) is 4.56. The number of nitrogens with one attached hydrogen (secondary N) is 1. The quantitative estimate of drug-likeness (QED) is 0.867. The van der Waals surface area contributed by atoms with E-state index in [-0.39, 0.29) is 5.54 Å². The molecule has 0 amide bonds. The number of anilines is 1. The molecule has 0 aliphatic carbocycles. The molecule has 1 unspecified atom stereocenters. The molecule has 0 bridgehead atoms. The molecule has 1 aromatic carbocycles. The van der Waals surface area contributed by atoms with Gasteiger partial charge in [-0.15, -0.1) is 0 Å². The summed E-state index contributed by atoms with van der Waals surface area (Å²) in [7, 11) is 0. The molecule has 1 aromatic rings. The first-order chi connectivity index (χ1) is 8.54. The zero-order chi connectivity index (χ0) is 13.2. The Hall–Kier alpha value is -0.960. The van der Waals surface area contributed by atoms with Crippen molar-refractivity contribution in [1.82, 2.24) is 0 Å². The summed E-state index contributed by atoms with van der Waals surface area (Å²) in [4.78, 5) is 4.80. The molecule has 1 N–H and O–H groups in total. The monoisotopic (exact) mass is 262 g/mol. The van der Waals surface area contributed by atoms with Crippen molar-refractivity contribution >= 4 is 22.6 Å². The van der Waals surface area contributed by atoms with Gasteiger partial charge in [-0.3, -0.25) is 4.99 Å². The van der Waals surface area contributed by atoms with Gasteiger partial charge in [0.15, 0.2) is 5.17 Å². The second-order valence-corrected chi connectivity index (χ2v) is 6.39. The molecule has 0 saturated carbocycles. The van der Waals surface area contributed by atoms with Gasteiger partial charge in [0.25, 0.3) is 0 Å². The number of aliphatic imine (C=N–C) groups is 1. The van der Waals surface area contributed by atoms with Gasteiger partial charge in [-0.2, -0.15) is 0 Å². The number of nitrogens with zero attached hydrogens (tertiary/aromatic N) is 1. The maximum absolute atomic E-state index is 4.80. The van der Waals surface area contributed by atoms with Crippen LogP contribution in [-0.4, -0.2) is 16.5 Å². The maximum atomic E-state index is 4.80. The van der Waals surface area contributed by atoms with Gasteiger partial charge in [-0.05, 0) is 30.9 Å². The van der Waals surface area contributed by atoms with Crippen LogP contribution in [0.3, 0.4) is 0 Å². The van der Waals surface area contributed by atoms with E-state index in [4.69, 9.17) is 4.99 Å². The molecule has 1 aliphatic rings. The average Bonchev–Trinajstić information content (AvgIpc) is 2.72. The van der Waals surface area contributed by atoms with Crippen LogP contribution in [0.2, 0.25) is 0 Å². The van der Waals surface area contributed by atoms with Gasteiger partial charge in [-0.1, -0.05) is 50.7 Å². The number of hydrogen-bond acceptors (Lipinski definition) is 3. The molecule has 2 nitrogen and oxygen atoms in total. The summed E-state index contributed by atoms with van der Waals surface area (Å²) in [6, 6.07) is 8.50. The predicted molar refractivity (Wildman–Crippen MR) is 82.7 cm³/mol. The fourth-order valence-corrected chi connectivity index (χ4v) is 3.19. The zero-order valence-corrected chi connectivity index (χ0v) is 12.5. The Labute approximate surface area is 114 Å². The number of thioether (sulfide) groups is 1. The van der Waals surface area contributed by atoms with E-state index in [9.17, 15) is 0 Å². The lowest BCUT2D eigenvalue weighted by atomic mass is 10.0. The molecule has 1 heterocycles. The van der Waals surface area contributed by atoms with Crippen molar-refractivity contribution < 1.29 is 0 Å². The van der Waals surface area contributed by atoms with Crippen molar-refractivity contribution in [1.29, 1.82) is 0 Å². The fraction of sp³-hybridized carbons (Fsp3) is 0.533. The fourth-order valence-electron chi connectivity index (χ4n) is 2.01. The summed E-state index contributed by atoms with van der Waals surface area (Å²) >= 11 is 1.83. The van der Waals surface area contributed by atoms with Crippen molar-refractivity contribution in [2.45, 2.75) is 45.6 Å². The Morgan fingerprint density at radius 2 is 2.11 bits per heavy atom. The summed E-state index contributed by atoms with van der Waals surface area (Å²) in [6.45, 7) is 8.87. The molecular weight excluding hydrogens is 240 g/mol. The first kappa shape index (κ1) is 13.5. The minimum atomic E-state index is 0.111. The van der Waals surface area contributed by atoms with Crippen LogP contribution < -0.4 is 5.32 Å². The van der Waals surface area contributed by atoms with Crippen LogP contribution in [0.15, 0.2) is 29.3 Å². The van der Waals surface area contributed by atoms with E-state index in [0.717, 1.165) is 17.3 Å². The maximum Gasteiger partial charge on any atom is 0.161 e. The highest BCUT2D eigenvalue weighted by atomic mass is 32.2. The summed E-state index contributed by atoms with van der Waals surface area (Å²) < 4.78 is 0. The van der Waals surface area contributed by atoms with Crippen LogP contribution in [0.4, 0.5) is 5.69 Å². The van der Waals surface area contributed by atoms with E-state index in [0.29, 0.717) is 5.92 Å². The number of hydrogen-bond donors (Lipinski definition) is 1. The Morgan fingerprint density at radius 3 is 2.72 bits per heavy atom. The Morgan fingerprint density at radius 1 is 1.39 bits per heavy atom. The minimum absolute atomic E-state index is 0.111. The normalized spacial score (nSPS) is 23.3. The van der Waals surface area contributed by atoms with Crippen LogP contribution in [-0.2, 0) is 0 Å². The highest BCUT2D eigenvalue weighted by molar-refractivity contribution is 8.14. The molecule has 0 radical (unpaired) electrons. The van der Waals surface area contributed by atoms with Crippen LogP contribution in [0.25, 0.3) is 0 Å². The van der Waals surface area contributed by atoms with Gasteiger partial charge in [-0.25, -0.2) is 0 Å². The average molecular weight is 262 g/mol. The Kier molecular flexibility index (Phi) is 4.00. The summed E-state index contributed by atoms with van der Waals surface area (Å²) in [5.41, 5.74) is 2.66. The Balaban J connectivity index is 2.18. The zero-order valence-electron chi connectivity index (χ0n) is 11.7. The third-order valence-electron chi connectivity index (χ3n) is 3.48. The molecule has 3 heteroatoms. The van der Waals surface area contributed by atoms with E-state index in [2.05, 4.69) is 57.3 Å². The highest BCUT2D eigenvalue weighted by Crippen LogP contribution is 2.32. The minimum Gasteiger partial charge on any atom is -0.335 e. The number of benzene rings is 1. The van der Waals surface area contributed by atoms with Gasteiger partial charge < -0.3 is 5.32 Å². The molecular formula is C15H22N2S. The van der Waals surface area contributed by atoms with Gasteiger partial charge in [0.1, 0.15) is 0 Å². The van der Waals surface area contributed by atoms with Crippen LogP contribution >= 0.6 is 11.8 Å². The van der Waals surface area contributed by atoms with Gasteiger partial charge >= 0.3 is 0 Å². The SMILES string of the molecule is CCC1(C)CSC(Nc2ccccc2C(C)C)=N1. The summed E-state index contributed by atoms with van der Waals surface area (Å²) in [6.07, 6.45) is 1.09. The van der Waals surface area contributed by atoms with Crippen molar-refractivity contribution in [2.75, 3.05) is 11.1 Å². The van der Waals surface area contributed by atoms with Gasteiger partial charge in [0.05, 0.1) is 5.54 Å². The molecule has 2 rings (SSSR count). The first-order valence-corrected chi connectivity index (χ1v) is 7.61. The predicted octanol–water partition coefficient (Wildman–Crippen LogP) is 4.49. The lowest BCUT2D eigenvalue weighted by molar-refractivity contribution is 0.523. The molecule has 1 aliphatic heterocycles. The van der Waals surface area contributed by atoms with E-state index >= 15 is 0 Å². The molecule has 1 atom stereocenters. The molecule has 0 aromatic heterocycles. The topological polar surface area (TPSA) is 24.4 Å². The smallest absolute Gasteiger partial charge is 0.161 e. The Bertz CT molecular complexity index is 454. The van der Waals surface area contributed by atoms with Gasteiger partial charge in [0.2, 0.25) is 0 Å². The summed E-state index contributed by atoms with van der Waals surface area (Å²) in [5.74, 6) is 1.61. The first-order valence-electron chi connectivity index (χ1n) is 6.62. The number of para-hydroxylation sites is 1. The van der Waals surface area contributed by atoms with E-state index in [1.54, 1.807) is 0 Å². The molecule has 0 saturated heterocycles. The molecule has 18 heavy (non-hydrogen) atoms. The third-order valence-corrected chi connectivity index (χ3v) is 4.71. The third kappa shape index (κ3) is 2.89. The molecule has 98 valence electrons. The van der Waals surface area contributed by atoms with Gasteiger partial charge in [0, 0.05) is 11.4 Å². The van der Waals surface area contributed by atoms with E-state index in [1.165, 1.54) is 11.3 Å². The van der Waals surface area contributed by atoms with Crippen molar-refractivity contribution in [3.8, 4) is 0 Å². The second-order valence-electron chi connectivity index (χ2n) is 5.42. The van der Waals surface area contributed by atoms with Crippen LogP contribution in [0.1, 0.15) is 45.6 Å². The van der Waals surface area contributed by atoms with E-state index in [1.807, 2.05) is 11.8 Å². The standard InChI is InChI=1S/C15H22N2S/c1-5-15(4)10-18-14(17-15)16-13-9-7-6-8-12(13)11(2)3/h6-9,11H,5,10H2,1-4H3,(H,16,17). The van der Waals surface area contributed by atoms with Crippen molar-refractivity contribution in [3.05, 3.63) is 29.8 Å². The van der Waals surface area contributed by atoms with Crippen molar-refractivity contribution in [2.24, 2.45) is 4.99 Å².